The van der Waals surface area contributed by atoms with E-state index in [1.807, 2.05) is 23.5 Å². The summed E-state index contributed by atoms with van der Waals surface area (Å²) in [6, 6.07) is 65.1. The van der Waals surface area contributed by atoms with Crippen LogP contribution in [0.5, 0.6) is 0 Å². The maximum atomic E-state index is 5.31. The normalized spacial score (nSPS) is 12.0. The summed E-state index contributed by atoms with van der Waals surface area (Å²) in [7, 11) is 0. The van der Waals surface area contributed by atoms with Crippen LogP contribution in [0.15, 0.2) is 182 Å². The second-order valence-corrected chi connectivity index (χ2v) is 15.2. The van der Waals surface area contributed by atoms with Crippen molar-refractivity contribution in [3.63, 3.8) is 0 Å². The predicted molar refractivity (Wildman–Crippen MR) is 232 cm³/mol. The molecule has 0 amide bonds. The lowest BCUT2D eigenvalue weighted by Crippen LogP contribution is -2.03. The fraction of sp³-hybridized carbons (Fsp3) is 0. The molecule has 0 radical (unpaired) electrons. The van der Waals surface area contributed by atoms with Gasteiger partial charge >= 0.3 is 0 Å². The minimum atomic E-state index is 0.656. The van der Waals surface area contributed by atoms with Crippen LogP contribution >= 0.6 is 11.3 Å². The molecule has 12 aromatic rings. The number of fused-ring (bicyclic) bond motifs is 12. The lowest BCUT2D eigenvalue weighted by Gasteiger charge is -2.12. The summed E-state index contributed by atoms with van der Waals surface area (Å²) in [6.45, 7) is 0. The van der Waals surface area contributed by atoms with Crippen LogP contribution in [-0.2, 0) is 0 Å². The molecule has 0 unspecified atom stereocenters. The highest BCUT2D eigenvalue weighted by Crippen LogP contribution is 2.48. The Hall–Kier alpha value is -7.08. The third kappa shape index (κ3) is 4.45. The van der Waals surface area contributed by atoms with E-state index in [1.165, 1.54) is 69.2 Å². The van der Waals surface area contributed by atoms with Gasteiger partial charge in [0.25, 0.3) is 0 Å². The standard InChI is InChI=1S/C50H30N4S/c1-3-15-32(16-4-1)37-30-38(33-17-5-2-6-18-33)52-50(51-37)54-41-24-12-10-22-36(41)47-43(54)27-29-45-49(47)48-44(55-45)28-26-42-46(48)35-21-9-11-23-40(35)53(42)39-25-13-19-31-14-7-8-20-34(31)39/h1-30H. The first kappa shape index (κ1) is 30.4. The molecular weight excluding hydrogens is 689 g/mol. The first-order valence-corrected chi connectivity index (χ1v) is 19.4. The largest absolute Gasteiger partial charge is 0.309 e. The van der Waals surface area contributed by atoms with E-state index in [0.29, 0.717) is 5.95 Å². The minimum Gasteiger partial charge on any atom is -0.309 e. The topological polar surface area (TPSA) is 35.6 Å². The molecule has 4 aromatic heterocycles. The Morgan fingerprint density at radius 1 is 0.364 bits per heavy atom. The van der Waals surface area contributed by atoms with E-state index in [1.54, 1.807) is 0 Å². The fourth-order valence-corrected chi connectivity index (χ4v) is 9.92. The molecule has 4 heterocycles. The van der Waals surface area contributed by atoms with Gasteiger partial charge in [-0.3, -0.25) is 4.57 Å². The molecule has 4 nitrogen and oxygen atoms in total. The number of hydrogen-bond acceptors (Lipinski definition) is 3. The van der Waals surface area contributed by atoms with Gasteiger partial charge in [0, 0.05) is 58.2 Å². The van der Waals surface area contributed by atoms with Gasteiger partial charge in [0.05, 0.1) is 39.1 Å². The van der Waals surface area contributed by atoms with E-state index < -0.39 is 0 Å². The third-order valence-electron chi connectivity index (χ3n) is 11.1. The Morgan fingerprint density at radius 3 is 1.47 bits per heavy atom. The lowest BCUT2D eigenvalue weighted by atomic mass is 10.0. The van der Waals surface area contributed by atoms with Crippen LogP contribution in [0.25, 0.3) is 109 Å². The summed E-state index contributed by atoms with van der Waals surface area (Å²) in [5.41, 5.74) is 9.66. The Morgan fingerprint density at radius 2 is 0.855 bits per heavy atom. The minimum absolute atomic E-state index is 0.656. The van der Waals surface area contributed by atoms with Crippen molar-refractivity contribution in [3.05, 3.63) is 182 Å². The van der Waals surface area contributed by atoms with Gasteiger partial charge in [-0.05, 0) is 53.9 Å². The van der Waals surface area contributed by atoms with Gasteiger partial charge in [0.15, 0.2) is 0 Å². The molecule has 0 bridgehead atoms. The van der Waals surface area contributed by atoms with Crippen LogP contribution in [0.2, 0.25) is 0 Å². The maximum Gasteiger partial charge on any atom is 0.235 e. The van der Waals surface area contributed by atoms with E-state index in [2.05, 4.69) is 179 Å². The molecule has 0 aliphatic carbocycles. The summed E-state index contributed by atoms with van der Waals surface area (Å²) in [5.74, 6) is 0.656. The number of rotatable bonds is 4. The molecule has 0 atom stereocenters. The van der Waals surface area contributed by atoms with Gasteiger partial charge in [-0.2, -0.15) is 0 Å². The maximum absolute atomic E-state index is 5.31. The molecule has 0 saturated carbocycles. The van der Waals surface area contributed by atoms with Gasteiger partial charge < -0.3 is 4.57 Å². The third-order valence-corrected chi connectivity index (χ3v) is 12.3. The second-order valence-electron chi connectivity index (χ2n) is 14.1. The molecule has 256 valence electrons. The van der Waals surface area contributed by atoms with Gasteiger partial charge in [-0.25, -0.2) is 9.97 Å². The number of thiophene rings is 1. The van der Waals surface area contributed by atoms with Gasteiger partial charge in [-0.1, -0.05) is 133 Å². The Balaban J connectivity index is 1.22. The molecule has 0 aliphatic rings. The highest BCUT2D eigenvalue weighted by Gasteiger charge is 2.23. The predicted octanol–water partition coefficient (Wildman–Crippen LogP) is 13.5. The zero-order valence-electron chi connectivity index (χ0n) is 29.5. The van der Waals surface area contributed by atoms with Crippen molar-refractivity contribution in [2.75, 3.05) is 0 Å². The summed E-state index contributed by atoms with van der Waals surface area (Å²) in [5, 5.41) is 9.99. The van der Waals surface area contributed by atoms with Gasteiger partial charge in [0.2, 0.25) is 5.95 Å². The van der Waals surface area contributed by atoms with Crippen LogP contribution in [0, 0.1) is 0 Å². The van der Waals surface area contributed by atoms with E-state index in [0.717, 1.165) is 33.5 Å². The monoisotopic (exact) mass is 718 g/mol. The molecule has 5 heteroatoms. The smallest absolute Gasteiger partial charge is 0.235 e. The number of aromatic nitrogens is 4. The number of para-hydroxylation sites is 2. The van der Waals surface area contributed by atoms with Crippen molar-refractivity contribution >= 4 is 85.9 Å². The van der Waals surface area contributed by atoms with Crippen LogP contribution < -0.4 is 0 Å². The van der Waals surface area contributed by atoms with Crippen LogP contribution in [0.3, 0.4) is 0 Å². The summed E-state index contributed by atoms with van der Waals surface area (Å²) < 4.78 is 7.28. The quantitative estimate of drug-likeness (QED) is 0.182. The van der Waals surface area contributed by atoms with Crippen molar-refractivity contribution in [1.82, 2.24) is 19.1 Å². The lowest BCUT2D eigenvalue weighted by molar-refractivity contribution is 0.996. The van der Waals surface area contributed by atoms with Crippen molar-refractivity contribution in [1.29, 1.82) is 0 Å². The first-order chi connectivity index (χ1) is 27.3. The summed E-state index contributed by atoms with van der Waals surface area (Å²) >= 11 is 1.87. The van der Waals surface area contributed by atoms with Gasteiger partial charge in [0.1, 0.15) is 0 Å². The van der Waals surface area contributed by atoms with Crippen molar-refractivity contribution in [3.8, 4) is 34.2 Å². The molecule has 0 fully saturated rings. The molecule has 0 spiro atoms. The SMILES string of the molecule is c1ccc(-c2cc(-c3ccccc3)nc(-n3c4ccccc4c4c5c(ccc43)sc3ccc4c(c6ccccc6n4-c4cccc6ccccc46)c35)n2)cc1. The van der Waals surface area contributed by atoms with Gasteiger partial charge in [-0.15, -0.1) is 11.3 Å². The van der Waals surface area contributed by atoms with E-state index >= 15 is 0 Å². The number of hydrogen-bond donors (Lipinski definition) is 0. The molecule has 55 heavy (non-hydrogen) atoms. The van der Waals surface area contributed by atoms with E-state index in [-0.39, 0.29) is 0 Å². The average Bonchev–Trinajstić information content (AvgIpc) is 3.91. The highest BCUT2D eigenvalue weighted by molar-refractivity contribution is 7.26. The summed E-state index contributed by atoms with van der Waals surface area (Å²) in [4.78, 5) is 10.6. The Kier molecular flexibility index (Phi) is 6.47. The fourth-order valence-electron chi connectivity index (χ4n) is 8.79. The molecule has 0 aliphatic heterocycles. The van der Waals surface area contributed by atoms with Crippen molar-refractivity contribution in [2.24, 2.45) is 0 Å². The van der Waals surface area contributed by atoms with Crippen molar-refractivity contribution < 1.29 is 0 Å². The molecular formula is C50H30N4S. The Labute approximate surface area is 319 Å². The van der Waals surface area contributed by atoms with Crippen molar-refractivity contribution in [2.45, 2.75) is 0 Å². The molecule has 0 N–H and O–H groups in total. The van der Waals surface area contributed by atoms with Crippen LogP contribution in [-0.4, -0.2) is 19.1 Å². The van der Waals surface area contributed by atoms with E-state index in [4.69, 9.17) is 9.97 Å². The molecule has 12 rings (SSSR count). The highest BCUT2D eigenvalue weighted by atomic mass is 32.1. The van der Waals surface area contributed by atoms with Crippen LogP contribution in [0.4, 0.5) is 0 Å². The van der Waals surface area contributed by atoms with E-state index in [9.17, 15) is 0 Å². The second kappa shape index (κ2) is 11.7. The average molecular weight is 719 g/mol. The molecule has 8 aromatic carbocycles. The summed E-state index contributed by atoms with van der Waals surface area (Å²) in [6.07, 6.45) is 0. The zero-order valence-corrected chi connectivity index (χ0v) is 30.3. The van der Waals surface area contributed by atoms with Crippen LogP contribution in [0.1, 0.15) is 0 Å². The zero-order chi connectivity index (χ0) is 36.0. The first-order valence-electron chi connectivity index (χ1n) is 18.6. The number of benzene rings is 8. The Bertz CT molecular complexity index is 3420. The number of nitrogens with zero attached hydrogens (tertiary/aromatic N) is 4. The molecule has 0 saturated heterocycles.